The van der Waals surface area contributed by atoms with Crippen LogP contribution >= 0.6 is 0 Å². The number of fused-ring (bicyclic) bond motifs is 1. The van der Waals surface area contributed by atoms with Gasteiger partial charge in [0, 0.05) is 30.9 Å². The first-order valence-corrected chi connectivity index (χ1v) is 18.6. The van der Waals surface area contributed by atoms with Crippen molar-refractivity contribution in [2.75, 3.05) is 35.2 Å². The van der Waals surface area contributed by atoms with E-state index in [0.29, 0.717) is 66.7 Å². The summed E-state index contributed by atoms with van der Waals surface area (Å²) in [6, 6.07) is 15.6. The van der Waals surface area contributed by atoms with E-state index in [1.54, 1.807) is 6.07 Å². The van der Waals surface area contributed by atoms with E-state index in [1.165, 1.54) is 35.2 Å². The minimum absolute atomic E-state index is 0.0715. The lowest BCUT2D eigenvalue weighted by Gasteiger charge is -2.22. The number of primary sulfonamides is 1. The average Bonchev–Trinajstić information content (AvgIpc) is 3.96. The molecular weight excluding hydrogens is 709 g/mol. The maximum absolute atomic E-state index is 12.9. The van der Waals surface area contributed by atoms with Crippen LogP contribution in [0.15, 0.2) is 76.4 Å². The number of rotatable bonds is 12. The first kappa shape index (κ1) is 36.2. The fraction of sp³-hybridized carbons (Fsp3) is 0.382. The Morgan fingerprint density at radius 1 is 1.09 bits per heavy atom. The number of aromatic nitrogens is 5. The highest BCUT2D eigenvalue weighted by Crippen LogP contribution is 2.40. The van der Waals surface area contributed by atoms with Gasteiger partial charge in [-0.15, -0.1) is 0 Å². The lowest BCUT2D eigenvalue weighted by atomic mass is 10.1. The zero-order valence-electron chi connectivity index (χ0n) is 28.6. The number of aliphatic hydroxyl groups excluding tert-OH is 3. The minimum atomic E-state index is -3.87. The van der Waals surface area contributed by atoms with Crippen molar-refractivity contribution in [1.29, 1.82) is 0 Å². The van der Waals surface area contributed by atoms with E-state index in [-0.39, 0.29) is 23.3 Å². The molecule has 5 aromatic rings. The standard InChI is InChI=1S/C34H40N10O8S/c1-2-20-15-25(52-42-20)29-27(46)28(47)32(51-29)44-18-36-26-30(37-23(17-45)14-19-6-4-3-5-7-19)40-33(41-31(26)44)43-13-12-22(16-43)39-34(48)38-21-8-10-24(11-9-21)53(35,49)50/h3-11,15,18,22-23,27-29,32,45-47H,2,12-14,16-17H2,1H3,(H2,35,49,50)(H,37,40,41)(H2,38,39,48)/t22-,23+,27+,28+,29-,32-/m1/s1. The normalized spacial score (nSPS) is 22.3. The van der Waals surface area contributed by atoms with E-state index >= 15 is 0 Å². The fourth-order valence-corrected chi connectivity index (χ4v) is 7.00. The van der Waals surface area contributed by atoms with Crippen LogP contribution in [0.3, 0.4) is 0 Å². The number of amides is 2. The van der Waals surface area contributed by atoms with Crippen LogP contribution in [0.5, 0.6) is 0 Å². The Morgan fingerprint density at radius 2 is 1.87 bits per heavy atom. The summed E-state index contributed by atoms with van der Waals surface area (Å²) in [4.78, 5) is 28.9. The van der Waals surface area contributed by atoms with Gasteiger partial charge < -0.3 is 45.4 Å². The molecule has 8 N–H and O–H groups in total. The number of aryl methyl sites for hydroxylation is 1. The van der Waals surface area contributed by atoms with Crippen LogP contribution < -0.4 is 26.0 Å². The molecule has 19 heteroatoms. The highest BCUT2D eigenvalue weighted by atomic mass is 32.2. The van der Waals surface area contributed by atoms with Gasteiger partial charge in [-0.05, 0) is 49.1 Å². The minimum Gasteiger partial charge on any atom is -0.394 e. The van der Waals surface area contributed by atoms with Crippen molar-refractivity contribution in [3.63, 3.8) is 0 Å². The van der Waals surface area contributed by atoms with E-state index in [4.69, 9.17) is 24.4 Å². The number of nitrogens with two attached hydrogens (primary N) is 1. The van der Waals surface area contributed by atoms with Gasteiger partial charge in [-0.3, -0.25) is 4.57 Å². The Labute approximate surface area is 304 Å². The lowest BCUT2D eigenvalue weighted by molar-refractivity contribution is -0.0434. The molecule has 0 bridgehead atoms. The second-order valence-corrected chi connectivity index (χ2v) is 14.6. The summed E-state index contributed by atoms with van der Waals surface area (Å²) < 4.78 is 36.2. The first-order chi connectivity index (χ1) is 25.5. The molecule has 0 radical (unpaired) electrons. The summed E-state index contributed by atoms with van der Waals surface area (Å²) >= 11 is 0. The number of benzene rings is 2. The van der Waals surface area contributed by atoms with Crippen LogP contribution in [0.1, 0.15) is 42.7 Å². The molecule has 2 fully saturated rings. The SMILES string of the molecule is CCc1cc([C@H]2O[C@@H](n3cnc4c(N[C@H](CO)Cc5ccccc5)nc(N5CC[C@@H](NC(=O)Nc6ccc(S(N)(=O)=O)cc6)C5)nc43)[C@@H](O)[C@@H]2O)on1. The molecule has 2 aromatic carbocycles. The van der Waals surface area contributed by atoms with Crippen LogP contribution in [-0.2, 0) is 27.6 Å². The number of urea groups is 1. The van der Waals surface area contributed by atoms with Crippen molar-refractivity contribution in [3.8, 4) is 0 Å². The van der Waals surface area contributed by atoms with E-state index in [0.717, 1.165) is 5.56 Å². The van der Waals surface area contributed by atoms with Gasteiger partial charge in [0.05, 0.1) is 29.6 Å². The number of aliphatic hydroxyl groups is 3. The Kier molecular flexibility index (Phi) is 10.3. The monoisotopic (exact) mass is 748 g/mol. The van der Waals surface area contributed by atoms with Gasteiger partial charge >= 0.3 is 6.03 Å². The predicted molar refractivity (Wildman–Crippen MR) is 191 cm³/mol. The number of hydrogen-bond acceptors (Lipinski definition) is 14. The number of hydrogen-bond donors (Lipinski definition) is 7. The quantitative estimate of drug-likeness (QED) is 0.0953. The molecule has 5 heterocycles. The second kappa shape index (κ2) is 15.0. The highest BCUT2D eigenvalue weighted by Gasteiger charge is 2.47. The van der Waals surface area contributed by atoms with E-state index in [1.807, 2.05) is 42.2 Å². The molecule has 0 saturated carbocycles. The third-order valence-corrected chi connectivity index (χ3v) is 10.2. The molecule has 2 aliphatic rings. The van der Waals surface area contributed by atoms with Crippen molar-refractivity contribution in [2.24, 2.45) is 5.14 Å². The zero-order chi connectivity index (χ0) is 37.3. The number of anilines is 3. The Bertz CT molecular complexity index is 2160. The summed E-state index contributed by atoms with van der Waals surface area (Å²) in [5.41, 5.74) is 2.72. The number of sulfonamides is 1. The molecular formula is C34H40N10O8S. The molecule has 2 saturated heterocycles. The molecule has 18 nitrogen and oxygen atoms in total. The molecule has 6 atom stereocenters. The highest BCUT2D eigenvalue weighted by molar-refractivity contribution is 7.89. The van der Waals surface area contributed by atoms with Crippen LogP contribution in [0.2, 0.25) is 0 Å². The van der Waals surface area contributed by atoms with Crippen LogP contribution in [-0.4, -0.2) is 98.4 Å². The van der Waals surface area contributed by atoms with Gasteiger partial charge in [0.25, 0.3) is 0 Å². The number of carbonyl (C=O) groups excluding carboxylic acids is 1. The smallest absolute Gasteiger partial charge is 0.319 e. The summed E-state index contributed by atoms with van der Waals surface area (Å²) in [6.45, 7) is 2.54. The van der Waals surface area contributed by atoms with E-state index < -0.39 is 46.6 Å². The van der Waals surface area contributed by atoms with E-state index in [2.05, 4.69) is 26.1 Å². The molecule has 280 valence electrons. The van der Waals surface area contributed by atoms with Gasteiger partial charge in [0.1, 0.15) is 18.3 Å². The molecule has 2 aliphatic heterocycles. The predicted octanol–water partition coefficient (Wildman–Crippen LogP) is 1.43. The number of nitrogens with one attached hydrogen (secondary N) is 3. The fourth-order valence-electron chi connectivity index (χ4n) is 6.48. The van der Waals surface area contributed by atoms with Crippen molar-refractivity contribution in [1.82, 2.24) is 30.0 Å². The number of imidazole rings is 1. The Morgan fingerprint density at radius 3 is 2.57 bits per heavy atom. The summed E-state index contributed by atoms with van der Waals surface area (Å²) in [5, 5.41) is 50.7. The number of nitrogens with zero attached hydrogens (tertiary/aromatic N) is 6. The van der Waals surface area contributed by atoms with Crippen LogP contribution in [0, 0.1) is 0 Å². The molecule has 3 aromatic heterocycles. The third-order valence-electron chi connectivity index (χ3n) is 9.28. The lowest BCUT2D eigenvalue weighted by Crippen LogP contribution is -2.40. The van der Waals surface area contributed by atoms with Crippen LogP contribution in [0.25, 0.3) is 11.2 Å². The van der Waals surface area contributed by atoms with Gasteiger partial charge in [-0.25, -0.2) is 23.3 Å². The van der Waals surface area contributed by atoms with Crippen molar-refractivity contribution < 1.29 is 37.8 Å². The number of carbonyl (C=O) groups is 1. The molecule has 7 rings (SSSR count). The largest absolute Gasteiger partial charge is 0.394 e. The van der Waals surface area contributed by atoms with Gasteiger partial charge in [-0.1, -0.05) is 42.4 Å². The summed E-state index contributed by atoms with van der Waals surface area (Å²) in [6.07, 6.45) is -1.68. The van der Waals surface area contributed by atoms with E-state index in [9.17, 15) is 28.5 Å². The molecule has 2 amide bonds. The third kappa shape index (κ3) is 7.80. The zero-order valence-corrected chi connectivity index (χ0v) is 29.4. The number of ether oxygens (including phenoxy) is 1. The first-order valence-electron chi connectivity index (χ1n) is 17.1. The molecule has 0 spiro atoms. The molecule has 53 heavy (non-hydrogen) atoms. The average molecular weight is 749 g/mol. The van der Waals surface area contributed by atoms with Gasteiger partial charge in [0.2, 0.25) is 16.0 Å². The van der Waals surface area contributed by atoms with Gasteiger partial charge in [0.15, 0.2) is 29.0 Å². The Hall–Kier alpha value is -5.18. The van der Waals surface area contributed by atoms with Crippen LogP contribution in [0.4, 0.5) is 22.2 Å². The summed E-state index contributed by atoms with van der Waals surface area (Å²) in [5.74, 6) is 0.918. The molecule has 0 unspecified atom stereocenters. The molecule has 0 aliphatic carbocycles. The van der Waals surface area contributed by atoms with Crippen molar-refractivity contribution >= 4 is 44.7 Å². The van der Waals surface area contributed by atoms with Gasteiger partial charge in [-0.2, -0.15) is 9.97 Å². The second-order valence-electron chi connectivity index (χ2n) is 13.0. The summed E-state index contributed by atoms with van der Waals surface area (Å²) in [7, 11) is -3.87. The maximum atomic E-state index is 12.9. The van der Waals surface area contributed by atoms with Crippen molar-refractivity contribution in [3.05, 3.63) is 84.0 Å². The Balaban J connectivity index is 1.14. The topological polar surface area (TPSA) is 256 Å². The maximum Gasteiger partial charge on any atom is 0.319 e. The van der Waals surface area contributed by atoms with Crippen molar-refractivity contribution in [2.45, 2.75) is 67.7 Å².